The summed E-state index contributed by atoms with van der Waals surface area (Å²) >= 11 is 0. The Bertz CT molecular complexity index is 407. The van der Waals surface area contributed by atoms with Crippen LogP contribution in [-0.4, -0.2) is 18.2 Å². The molecule has 1 unspecified atom stereocenters. The number of hydrogen-bond acceptors (Lipinski definition) is 3. The monoisotopic (exact) mass is 190 g/mol. The van der Waals surface area contributed by atoms with Gasteiger partial charge in [0.15, 0.2) is 0 Å². The summed E-state index contributed by atoms with van der Waals surface area (Å²) in [5.41, 5.74) is 1.93. The van der Waals surface area contributed by atoms with Gasteiger partial charge in [0.2, 0.25) is 0 Å². The van der Waals surface area contributed by atoms with E-state index in [-0.39, 0.29) is 0 Å². The van der Waals surface area contributed by atoms with Crippen LogP contribution >= 0.6 is 0 Å². The maximum Gasteiger partial charge on any atom is 0.336 e. The SMILES string of the molecule is COC(=O)C1=Cc2ccccc2C1O. The van der Waals surface area contributed by atoms with Crippen LogP contribution < -0.4 is 0 Å². The van der Waals surface area contributed by atoms with E-state index in [2.05, 4.69) is 4.74 Å². The molecule has 1 aromatic carbocycles. The van der Waals surface area contributed by atoms with Gasteiger partial charge < -0.3 is 9.84 Å². The van der Waals surface area contributed by atoms with Gasteiger partial charge in [-0.25, -0.2) is 4.79 Å². The predicted octanol–water partition coefficient (Wildman–Crippen LogP) is 1.29. The highest BCUT2D eigenvalue weighted by Gasteiger charge is 2.27. The minimum Gasteiger partial charge on any atom is -0.466 e. The molecule has 0 saturated carbocycles. The van der Waals surface area contributed by atoms with Gasteiger partial charge in [-0.15, -0.1) is 0 Å². The molecule has 14 heavy (non-hydrogen) atoms. The summed E-state index contributed by atoms with van der Waals surface area (Å²) in [6.45, 7) is 0. The molecular weight excluding hydrogens is 180 g/mol. The number of rotatable bonds is 1. The molecule has 3 nitrogen and oxygen atoms in total. The number of esters is 1. The molecule has 0 radical (unpaired) electrons. The first-order valence-corrected chi connectivity index (χ1v) is 4.31. The number of aliphatic hydroxyl groups is 1. The van der Waals surface area contributed by atoms with E-state index in [1.54, 1.807) is 12.1 Å². The molecule has 72 valence electrons. The van der Waals surface area contributed by atoms with Crippen molar-refractivity contribution < 1.29 is 14.6 Å². The molecule has 1 aromatic rings. The minimum atomic E-state index is -0.848. The number of methoxy groups -OCH3 is 1. The highest BCUT2D eigenvalue weighted by molar-refractivity contribution is 5.97. The average molecular weight is 190 g/mol. The van der Waals surface area contributed by atoms with E-state index in [4.69, 9.17) is 0 Å². The van der Waals surface area contributed by atoms with Gasteiger partial charge in [-0.05, 0) is 17.2 Å². The smallest absolute Gasteiger partial charge is 0.336 e. The fourth-order valence-corrected chi connectivity index (χ4v) is 1.59. The van der Waals surface area contributed by atoms with Crippen LogP contribution in [0.5, 0.6) is 0 Å². The number of benzene rings is 1. The van der Waals surface area contributed by atoms with E-state index in [0.717, 1.165) is 11.1 Å². The molecule has 0 aliphatic heterocycles. The van der Waals surface area contributed by atoms with E-state index in [0.29, 0.717) is 5.57 Å². The van der Waals surface area contributed by atoms with Crippen molar-refractivity contribution in [3.05, 3.63) is 41.0 Å². The Morgan fingerprint density at radius 2 is 2.14 bits per heavy atom. The van der Waals surface area contributed by atoms with Crippen molar-refractivity contribution in [2.24, 2.45) is 0 Å². The predicted molar refractivity (Wildman–Crippen MR) is 51.4 cm³/mol. The Labute approximate surface area is 81.6 Å². The summed E-state index contributed by atoms with van der Waals surface area (Å²) in [5, 5.41) is 9.77. The molecule has 0 bridgehead atoms. The minimum absolute atomic E-state index is 0.300. The fraction of sp³-hybridized carbons (Fsp3) is 0.182. The third-order valence-corrected chi connectivity index (χ3v) is 2.32. The summed E-state index contributed by atoms with van der Waals surface area (Å²) in [6.07, 6.45) is 0.810. The molecule has 3 heteroatoms. The molecule has 0 fully saturated rings. The van der Waals surface area contributed by atoms with Crippen molar-refractivity contribution in [3.63, 3.8) is 0 Å². The van der Waals surface area contributed by atoms with Crippen LogP contribution in [0, 0.1) is 0 Å². The molecule has 1 aliphatic carbocycles. The Morgan fingerprint density at radius 3 is 2.79 bits per heavy atom. The highest BCUT2D eigenvalue weighted by Crippen LogP contribution is 2.34. The van der Waals surface area contributed by atoms with Gasteiger partial charge >= 0.3 is 5.97 Å². The number of carbonyl (C=O) groups is 1. The van der Waals surface area contributed by atoms with Gasteiger partial charge in [-0.3, -0.25) is 0 Å². The number of aliphatic hydroxyl groups excluding tert-OH is 1. The topological polar surface area (TPSA) is 46.5 Å². The maximum atomic E-state index is 11.2. The van der Waals surface area contributed by atoms with Crippen LogP contribution in [0.3, 0.4) is 0 Å². The number of fused-ring (bicyclic) bond motifs is 1. The highest BCUT2D eigenvalue weighted by atomic mass is 16.5. The van der Waals surface area contributed by atoms with Crippen LogP contribution in [-0.2, 0) is 9.53 Å². The van der Waals surface area contributed by atoms with Gasteiger partial charge in [-0.2, -0.15) is 0 Å². The molecular formula is C11H10O3. The molecule has 1 N–H and O–H groups in total. The normalized spacial score (nSPS) is 18.7. The van der Waals surface area contributed by atoms with Crippen molar-refractivity contribution in [2.75, 3.05) is 7.11 Å². The summed E-state index contributed by atoms with van der Waals surface area (Å²) in [5.74, 6) is -0.478. The van der Waals surface area contributed by atoms with Gasteiger partial charge in [0.05, 0.1) is 12.7 Å². The molecule has 0 amide bonds. The third-order valence-electron chi connectivity index (χ3n) is 2.32. The summed E-state index contributed by atoms with van der Waals surface area (Å²) < 4.78 is 4.57. The maximum absolute atomic E-state index is 11.2. The summed E-state index contributed by atoms with van der Waals surface area (Å²) in [6, 6.07) is 7.35. The number of hydrogen-bond donors (Lipinski definition) is 1. The average Bonchev–Trinajstić information content (AvgIpc) is 2.56. The van der Waals surface area contributed by atoms with E-state index >= 15 is 0 Å². The lowest BCUT2D eigenvalue weighted by Crippen LogP contribution is -2.09. The standard InChI is InChI=1S/C11H10O3/c1-14-11(13)9-6-7-4-2-3-5-8(7)10(9)12/h2-6,10,12H,1H3. The molecule has 0 aromatic heterocycles. The van der Waals surface area contributed by atoms with Gasteiger partial charge in [0.25, 0.3) is 0 Å². The largest absolute Gasteiger partial charge is 0.466 e. The van der Waals surface area contributed by atoms with Crippen molar-refractivity contribution in [1.82, 2.24) is 0 Å². The van der Waals surface area contributed by atoms with Crippen LogP contribution in [0.2, 0.25) is 0 Å². The first-order valence-electron chi connectivity index (χ1n) is 4.31. The number of ether oxygens (including phenoxy) is 1. The molecule has 0 saturated heterocycles. The third kappa shape index (κ3) is 1.22. The second kappa shape index (κ2) is 3.27. The second-order valence-electron chi connectivity index (χ2n) is 3.12. The lowest BCUT2D eigenvalue weighted by Gasteiger charge is -2.07. The quantitative estimate of drug-likeness (QED) is 0.679. The second-order valence-corrected chi connectivity index (χ2v) is 3.12. The van der Waals surface area contributed by atoms with E-state index in [9.17, 15) is 9.90 Å². The van der Waals surface area contributed by atoms with Gasteiger partial charge in [0, 0.05) is 0 Å². The van der Waals surface area contributed by atoms with E-state index < -0.39 is 12.1 Å². The first kappa shape index (κ1) is 8.97. The lowest BCUT2D eigenvalue weighted by molar-refractivity contribution is -0.137. The van der Waals surface area contributed by atoms with Crippen molar-refractivity contribution in [1.29, 1.82) is 0 Å². The Kier molecular flexibility index (Phi) is 2.09. The molecule has 1 atom stereocenters. The molecule has 2 rings (SSSR count). The summed E-state index contributed by atoms with van der Waals surface area (Å²) in [4.78, 5) is 11.2. The molecule has 1 aliphatic rings. The molecule has 0 heterocycles. The first-order chi connectivity index (χ1) is 6.74. The zero-order valence-electron chi connectivity index (χ0n) is 7.73. The Hall–Kier alpha value is -1.61. The van der Waals surface area contributed by atoms with Gasteiger partial charge in [0.1, 0.15) is 6.10 Å². The lowest BCUT2D eigenvalue weighted by atomic mass is 10.1. The van der Waals surface area contributed by atoms with Crippen molar-refractivity contribution in [2.45, 2.75) is 6.10 Å². The number of carbonyl (C=O) groups excluding carboxylic acids is 1. The zero-order chi connectivity index (χ0) is 10.1. The van der Waals surface area contributed by atoms with Crippen molar-refractivity contribution in [3.8, 4) is 0 Å². The fourth-order valence-electron chi connectivity index (χ4n) is 1.59. The van der Waals surface area contributed by atoms with Crippen LogP contribution in [0.15, 0.2) is 29.8 Å². The van der Waals surface area contributed by atoms with Crippen molar-refractivity contribution >= 4 is 12.0 Å². The summed E-state index contributed by atoms with van der Waals surface area (Å²) in [7, 11) is 1.30. The Morgan fingerprint density at radius 1 is 1.43 bits per heavy atom. The van der Waals surface area contributed by atoms with Crippen LogP contribution in [0.4, 0.5) is 0 Å². The molecule has 0 spiro atoms. The van der Waals surface area contributed by atoms with Crippen LogP contribution in [0.25, 0.3) is 6.08 Å². The Balaban J connectivity index is 2.41. The zero-order valence-corrected chi connectivity index (χ0v) is 7.73. The van der Waals surface area contributed by atoms with Crippen LogP contribution in [0.1, 0.15) is 17.2 Å². The van der Waals surface area contributed by atoms with E-state index in [1.165, 1.54) is 7.11 Å². The van der Waals surface area contributed by atoms with E-state index in [1.807, 2.05) is 18.2 Å². The van der Waals surface area contributed by atoms with Gasteiger partial charge in [-0.1, -0.05) is 24.3 Å².